The number of rotatable bonds is 6. The van der Waals surface area contributed by atoms with E-state index >= 15 is 0 Å². The van der Waals surface area contributed by atoms with Crippen LogP contribution in [-0.2, 0) is 0 Å². The first kappa shape index (κ1) is 27.7. The fraction of sp³-hybridized carbons (Fsp3) is 0.355. The predicted octanol–water partition coefficient (Wildman–Crippen LogP) is 6.27. The second-order valence-electron chi connectivity index (χ2n) is 10.5. The highest BCUT2D eigenvalue weighted by atomic mass is 79.9. The van der Waals surface area contributed by atoms with Crippen LogP contribution in [0.2, 0.25) is 5.02 Å². The fourth-order valence-corrected chi connectivity index (χ4v) is 5.55. The van der Waals surface area contributed by atoms with Crippen molar-refractivity contribution < 1.29 is 4.79 Å². The number of hydrogen-bond donors (Lipinski definition) is 1. The molecule has 1 N–H and O–H groups in total. The fourth-order valence-electron chi connectivity index (χ4n) is 4.98. The van der Waals surface area contributed by atoms with Gasteiger partial charge in [-0.3, -0.25) is 9.69 Å². The van der Waals surface area contributed by atoms with E-state index < -0.39 is 0 Å². The predicted molar refractivity (Wildman–Crippen MR) is 164 cm³/mol. The zero-order chi connectivity index (χ0) is 27.5. The number of benzene rings is 2. The Morgan fingerprint density at radius 3 is 2.64 bits per heavy atom. The van der Waals surface area contributed by atoms with Crippen molar-refractivity contribution in [2.75, 3.05) is 53.9 Å². The number of halogens is 2. The van der Waals surface area contributed by atoms with Gasteiger partial charge in [-0.1, -0.05) is 45.8 Å². The van der Waals surface area contributed by atoms with Gasteiger partial charge in [-0.05, 0) is 76.4 Å². The summed E-state index contributed by atoms with van der Waals surface area (Å²) in [6, 6.07) is 11.8. The van der Waals surface area contributed by atoms with Crippen LogP contribution in [0.15, 0.2) is 47.1 Å². The Morgan fingerprint density at radius 1 is 1.08 bits per heavy atom. The largest absolute Gasteiger partial charge is 0.360 e. The van der Waals surface area contributed by atoms with Crippen LogP contribution in [0.4, 0.5) is 0 Å². The maximum atomic E-state index is 13.8. The molecule has 0 spiro atoms. The molecular formula is C31H33BrClN5O. The van der Waals surface area contributed by atoms with Gasteiger partial charge in [0, 0.05) is 58.2 Å². The molecule has 39 heavy (non-hydrogen) atoms. The SMILES string of the molecule is CN(C)CCN(C)C(=O)c1cc(-c2c[nH]c3ccc(Br)cc23)nc2cc(Cl)c(C#CCN3CCCCC3)cc12. The minimum Gasteiger partial charge on any atom is -0.360 e. The number of carbonyl (C=O) groups excluding carboxylic acids is 1. The lowest BCUT2D eigenvalue weighted by molar-refractivity contribution is 0.0788. The Bertz CT molecular complexity index is 1580. The molecule has 2 aromatic heterocycles. The lowest BCUT2D eigenvalue weighted by Gasteiger charge is -2.23. The van der Waals surface area contributed by atoms with Gasteiger partial charge in [0.25, 0.3) is 5.91 Å². The van der Waals surface area contributed by atoms with Crippen molar-refractivity contribution in [3.63, 3.8) is 0 Å². The summed E-state index contributed by atoms with van der Waals surface area (Å²) in [4.78, 5) is 28.3. The number of hydrogen-bond acceptors (Lipinski definition) is 4. The van der Waals surface area contributed by atoms with Crippen molar-refractivity contribution in [2.45, 2.75) is 19.3 Å². The van der Waals surface area contributed by atoms with E-state index in [0.717, 1.165) is 63.8 Å². The number of aromatic nitrogens is 2. The molecule has 4 aromatic rings. The van der Waals surface area contributed by atoms with E-state index in [1.165, 1.54) is 19.3 Å². The number of amides is 1. The number of piperidine rings is 1. The lowest BCUT2D eigenvalue weighted by atomic mass is 10.0. The molecule has 1 amide bonds. The molecule has 0 unspecified atom stereocenters. The zero-order valence-corrected chi connectivity index (χ0v) is 25.0. The first-order valence-electron chi connectivity index (χ1n) is 13.3. The number of pyridine rings is 1. The standard InChI is InChI=1S/C31H33BrClN5O/c1-36(2)14-15-37(3)31(39)25-18-29(26-20-34-28-10-9-22(32)17-24(26)28)35-30-19-27(33)21(16-23(25)30)8-7-13-38-11-5-4-6-12-38/h9-10,16-20,34H,4-6,11-15H2,1-3H3. The first-order valence-corrected chi connectivity index (χ1v) is 14.5. The van der Waals surface area contributed by atoms with Crippen LogP contribution < -0.4 is 0 Å². The molecule has 0 aliphatic carbocycles. The number of nitrogens with zero attached hydrogens (tertiary/aromatic N) is 4. The van der Waals surface area contributed by atoms with Gasteiger partial charge in [-0.25, -0.2) is 4.98 Å². The number of likely N-dealkylation sites (tertiary alicyclic amines) is 1. The van der Waals surface area contributed by atoms with Crippen molar-refractivity contribution in [1.82, 2.24) is 24.7 Å². The molecule has 3 heterocycles. The van der Waals surface area contributed by atoms with Crippen LogP contribution in [0.1, 0.15) is 35.2 Å². The summed E-state index contributed by atoms with van der Waals surface area (Å²) < 4.78 is 0.979. The molecule has 5 rings (SSSR count). The summed E-state index contributed by atoms with van der Waals surface area (Å²) in [5, 5.41) is 2.33. The van der Waals surface area contributed by atoms with Crippen molar-refractivity contribution in [3.8, 4) is 23.1 Å². The van der Waals surface area contributed by atoms with Crippen LogP contribution in [0.25, 0.3) is 33.1 Å². The number of nitrogens with one attached hydrogen (secondary N) is 1. The minimum absolute atomic E-state index is 0.0546. The van der Waals surface area contributed by atoms with Gasteiger partial charge in [0.2, 0.25) is 0 Å². The quantitative estimate of drug-likeness (QED) is 0.263. The maximum absolute atomic E-state index is 13.8. The zero-order valence-electron chi connectivity index (χ0n) is 22.7. The van der Waals surface area contributed by atoms with Crippen molar-refractivity contribution in [2.24, 2.45) is 0 Å². The molecule has 1 aliphatic heterocycles. The highest BCUT2D eigenvalue weighted by Crippen LogP contribution is 2.34. The molecule has 0 atom stereocenters. The summed E-state index contributed by atoms with van der Waals surface area (Å²) in [7, 11) is 5.85. The van der Waals surface area contributed by atoms with Crippen LogP contribution >= 0.6 is 27.5 Å². The van der Waals surface area contributed by atoms with Gasteiger partial charge >= 0.3 is 0 Å². The molecule has 1 aliphatic rings. The van der Waals surface area contributed by atoms with Crippen molar-refractivity contribution in [1.29, 1.82) is 0 Å². The van der Waals surface area contributed by atoms with Crippen LogP contribution in [0.5, 0.6) is 0 Å². The average Bonchev–Trinajstić information content (AvgIpc) is 3.34. The van der Waals surface area contributed by atoms with Gasteiger partial charge in [0.15, 0.2) is 0 Å². The number of fused-ring (bicyclic) bond motifs is 2. The molecular weight excluding hydrogens is 574 g/mol. The number of H-pyrrole nitrogens is 1. The molecule has 8 heteroatoms. The summed E-state index contributed by atoms with van der Waals surface area (Å²) in [6.45, 7) is 4.29. The van der Waals surface area contributed by atoms with Gasteiger partial charge in [-0.15, -0.1) is 0 Å². The van der Waals surface area contributed by atoms with E-state index in [9.17, 15) is 4.79 Å². The molecule has 1 saturated heterocycles. The first-order chi connectivity index (χ1) is 18.8. The van der Waals surface area contributed by atoms with E-state index in [1.54, 1.807) is 4.90 Å². The molecule has 6 nitrogen and oxygen atoms in total. The highest BCUT2D eigenvalue weighted by Gasteiger charge is 2.20. The highest BCUT2D eigenvalue weighted by molar-refractivity contribution is 9.10. The third-order valence-electron chi connectivity index (χ3n) is 7.25. The average molecular weight is 607 g/mol. The Hall–Kier alpha value is -2.89. The number of aromatic amines is 1. The van der Waals surface area contributed by atoms with E-state index in [2.05, 4.69) is 48.6 Å². The summed E-state index contributed by atoms with van der Waals surface area (Å²) in [6.07, 6.45) is 5.70. The summed E-state index contributed by atoms with van der Waals surface area (Å²) >= 11 is 10.3. The van der Waals surface area contributed by atoms with Gasteiger partial charge < -0.3 is 14.8 Å². The number of likely N-dealkylation sites (N-methyl/N-ethyl adjacent to an activating group) is 2. The lowest BCUT2D eigenvalue weighted by Crippen LogP contribution is -2.33. The smallest absolute Gasteiger partial charge is 0.254 e. The van der Waals surface area contributed by atoms with Crippen molar-refractivity contribution in [3.05, 3.63) is 63.2 Å². The Morgan fingerprint density at radius 2 is 1.87 bits per heavy atom. The van der Waals surface area contributed by atoms with Crippen LogP contribution in [0.3, 0.4) is 0 Å². The minimum atomic E-state index is -0.0546. The van der Waals surface area contributed by atoms with E-state index in [0.29, 0.717) is 22.6 Å². The summed E-state index contributed by atoms with van der Waals surface area (Å²) in [5.74, 6) is 6.51. The molecule has 1 fully saturated rings. The molecule has 202 valence electrons. The van der Waals surface area contributed by atoms with Crippen molar-refractivity contribution >= 4 is 55.2 Å². The molecule has 0 bridgehead atoms. The van der Waals surface area contributed by atoms with Gasteiger partial charge in [0.1, 0.15) is 0 Å². The molecule has 2 aromatic carbocycles. The van der Waals surface area contributed by atoms with E-state index in [1.807, 2.05) is 57.7 Å². The topological polar surface area (TPSA) is 55.5 Å². The van der Waals surface area contributed by atoms with Gasteiger partial charge in [-0.2, -0.15) is 0 Å². The number of carbonyl (C=O) groups is 1. The van der Waals surface area contributed by atoms with E-state index in [4.69, 9.17) is 16.6 Å². The Balaban J connectivity index is 1.59. The summed E-state index contributed by atoms with van der Waals surface area (Å²) in [5.41, 5.74) is 4.64. The molecule has 0 saturated carbocycles. The second-order valence-corrected chi connectivity index (χ2v) is 11.8. The third kappa shape index (κ3) is 6.31. The monoisotopic (exact) mass is 605 g/mol. The second kappa shape index (κ2) is 12.1. The third-order valence-corrected chi connectivity index (χ3v) is 8.06. The van der Waals surface area contributed by atoms with E-state index in [-0.39, 0.29) is 5.91 Å². The normalized spacial score (nSPS) is 14.1. The molecule has 0 radical (unpaired) electrons. The Labute approximate surface area is 243 Å². The van der Waals surface area contributed by atoms with Crippen LogP contribution in [-0.4, -0.2) is 84.4 Å². The maximum Gasteiger partial charge on any atom is 0.254 e. The van der Waals surface area contributed by atoms with Gasteiger partial charge in [0.05, 0.1) is 28.3 Å². The Kier molecular flexibility index (Phi) is 8.58. The van der Waals surface area contributed by atoms with Crippen LogP contribution in [0, 0.1) is 11.8 Å².